The largest absolute Gasteiger partial charge is 0.480 e. The molecule has 5 aromatic rings. The number of nitrogens with zero attached hydrogens (tertiary/aromatic N) is 1. The van der Waals surface area contributed by atoms with E-state index in [0.29, 0.717) is 5.52 Å². The van der Waals surface area contributed by atoms with Crippen molar-refractivity contribution in [1.29, 1.82) is 0 Å². The van der Waals surface area contributed by atoms with Crippen LogP contribution in [0.1, 0.15) is 23.6 Å². The third kappa shape index (κ3) is 5.48. The molecule has 1 heterocycles. The van der Waals surface area contributed by atoms with E-state index >= 15 is 0 Å². The number of nitrogens with one attached hydrogen (secondary N) is 1. The smallest absolute Gasteiger partial charge is 0.327 e. The number of thioether (sulfide) groups is 1. The monoisotopic (exact) mass is 572 g/mol. The van der Waals surface area contributed by atoms with E-state index in [1.54, 1.807) is 13.0 Å². The third-order valence-electron chi connectivity index (χ3n) is 6.70. The number of aromatic nitrogens is 1. The molecular formula is C31H28N2O5S2. The average molecular weight is 573 g/mol. The second-order valence-electron chi connectivity index (χ2n) is 9.18. The molecule has 0 bridgehead atoms. The van der Waals surface area contributed by atoms with Gasteiger partial charge in [0.2, 0.25) is 0 Å². The Balaban J connectivity index is 1.50. The summed E-state index contributed by atoms with van der Waals surface area (Å²) < 4.78 is 29.6. The zero-order valence-electron chi connectivity index (χ0n) is 21.7. The number of fused-ring (bicyclic) bond motifs is 1. The van der Waals surface area contributed by atoms with Gasteiger partial charge in [0, 0.05) is 11.8 Å². The van der Waals surface area contributed by atoms with Crippen LogP contribution in [0.3, 0.4) is 0 Å². The summed E-state index contributed by atoms with van der Waals surface area (Å²) in [5.74, 6) is -0.934. The van der Waals surface area contributed by atoms with Gasteiger partial charge < -0.3 is 14.8 Å². The van der Waals surface area contributed by atoms with Crippen LogP contribution in [0.25, 0.3) is 11.1 Å². The summed E-state index contributed by atoms with van der Waals surface area (Å²) in [7, 11) is -3.43. The molecule has 0 aliphatic rings. The van der Waals surface area contributed by atoms with Crippen molar-refractivity contribution in [3.63, 3.8) is 0 Å². The molecule has 204 valence electrons. The van der Waals surface area contributed by atoms with Crippen LogP contribution in [0, 0.1) is 0 Å². The van der Waals surface area contributed by atoms with Crippen molar-refractivity contribution < 1.29 is 22.7 Å². The summed E-state index contributed by atoms with van der Waals surface area (Å²) in [6, 6.07) is 33.5. The lowest BCUT2D eigenvalue weighted by atomic mass is 9.84. The molecule has 5 rings (SSSR count). The Morgan fingerprint density at radius 2 is 1.43 bits per heavy atom. The molecule has 0 aliphatic heterocycles. The molecule has 0 spiro atoms. The normalized spacial score (nSPS) is 12.7. The lowest BCUT2D eigenvalue weighted by Gasteiger charge is -2.36. The van der Waals surface area contributed by atoms with Gasteiger partial charge in [-0.15, -0.1) is 11.8 Å². The van der Waals surface area contributed by atoms with Gasteiger partial charge in [0.15, 0.2) is 15.4 Å². The quantitative estimate of drug-likeness (QED) is 0.180. The SMILES string of the molecule is CCS(=O)(=O)c1ccc2nc(N[C@@H](CSC(c3ccccc3)(c3ccccc3)c3ccccc3)C(=O)O)oc2c1. The fourth-order valence-corrected chi connectivity index (χ4v) is 7.07. The van der Waals surface area contributed by atoms with Crippen LogP contribution in [0.2, 0.25) is 0 Å². The number of benzene rings is 4. The topological polar surface area (TPSA) is 110 Å². The van der Waals surface area contributed by atoms with E-state index in [1.165, 1.54) is 23.9 Å². The summed E-state index contributed by atoms with van der Waals surface area (Å²) in [5.41, 5.74) is 3.76. The van der Waals surface area contributed by atoms with Gasteiger partial charge in [-0.1, -0.05) is 97.9 Å². The molecule has 0 aliphatic carbocycles. The van der Waals surface area contributed by atoms with Crippen LogP contribution in [0.5, 0.6) is 0 Å². The molecule has 1 atom stereocenters. The summed E-state index contributed by atoms with van der Waals surface area (Å²) in [4.78, 5) is 16.9. The van der Waals surface area contributed by atoms with E-state index in [9.17, 15) is 18.3 Å². The number of oxazole rings is 1. The van der Waals surface area contributed by atoms with Gasteiger partial charge in [0.05, 0.1) is 15.4 Å². The van der Waals surface area contributed by atoms with E-state index in [1.807, 2.05) is 54.6 Å². The first kappa shape index (κ1) is 27.5. The van der Waals surface area contributed by atoms with Gasteiger partial charge in [0.25, 0.3) is 6.01 Å². The minimum atomic E-state index is -3.43. The van der Waals surface area contributed by atoms with Crippen LogP contribution in [-0.2, 0) is 19.4 Å². The Hall–Kier alpha value is -4.08. The minimum Gasteiger partial charge on any atom is -0.480 e. The number of aliphatic carboxylic acids is 1. The average Bonchev–Trinajstić information content (AvgIpc) is 3.40. The molecule has 0 unspecified atom stereocenters. The molecule has 4 aromatic carbocycles. The predicted molar refractivity (Wildman–Crippen MR) is 158 cm³/mol. The molecule has 0 saturated heterocycles. The van der Waals surface area contributed by atoms with Crippen LogP contribution in [0.4, 0.5) is 6.01 Å². The van der Waals surface area contributed by atoms with E-state index in [2.05, 4.69) is 46.7 Å². The summed E-state index contributed by atoms with van der Waals surface area (Å²) in [5, 5.41) is 13.1. The third-order valence-corrected chi connectivity index (χ3v) is 10.1. The highest BCUT2D eigenvalue weighted by Gasteiger charge is 2.38. The van der Waals surface area contributed by atoms with Crippen LogP contribution in [-0.4, -0.2) is 42.0 Å². The molecule has 0 amide bonds. The molecule has 0 fully saturated rings. The molecule has 0 saturated carbocycles. The predicted octanol–water partition coefficient (Wildman–Crippen LogP) is 6.21. The van der Waals surface area contributed by atoms with E-state index in [-0.39, 0.29) is 28.0 Å². The first-order chi connectivity index (χ1) is 19.3. The second-order valence-corrected chi connectivity index (χ2v) is 12.7. The number of anilines is 1. The molecule has 9 heteroatoms. The molecule has 7 nitrogen and oxygen atoms in total. The number of carboxylic acid groups (broad SMARTS) is 1. The van der Waals surface area contributed by atoms with Crippen molar-refractivity contribution in [2.75, 3.05) is 16.8 Å². The Morgan fingerprint density at radius 3 is 1.90 bits per heavy atom. The Kier molecular flexibility index (Phi) is 7.95. The van der Waals surface area contributed by atoms with Gasteiger partial charge in [-0.3, -0.25) is 0 Å². The molecular weight excluding hydrogens is 544 g/mol. The van der Waals surface area contributed by atoms with Gasteiger partial charge in [-0.2, -0.15) is 4.98 Å². The maximum atomic E-state index is 12.4. The molecule has 0 radical (unpaired) electrons. The van der Waals surface area contributed by atoms with E-state index in [4.69, 9.17) is 4.42 Å². The lowest BCUT2D eigenvalue weighted by Crippen LogP contribution is -2.35. The van der Waals surface area contributed by atoms with Gasteiger partial charge >= 0.3 is 5.97 Å². The van der Waals surface area contributed by atoms with Crippen LogP contribution < -0.4 is 5.32 Å². The first-order valence-corrected chi connectivity index (χ1v) is 15.4. The lowest BCUT2D eigenvalue weighted by molar-refractivity contribution is -0.137. The molecule has 1 aromatic heterocycles. The summed E-state index contributed by atoms with van der Waals surface area (Å²) in [6.07, 6.45) is 0. The molecule has 2 N–H and O–H groups in total. The van der Waals surface area contributed by atoms with Crippen molar-refractivity contribution in [2.24, 2.45) is 0 Å². The fourth-order valence-electron chi connectivity index (χ4n) is 4.63. The summed E-state index contributed by atoms with van der Waals surface area (Å²) in [6.45, 7) is 1.57. The highest BCUT2D eigenvalue weighted by molar-refractivity contribution is 8.00. The van der Waals surface area contributed by atoms with E-state index < -0.39 is 26.6 Å². The Morgan fingerprint density at radius 1 is 0.900 bits per heavy atom. The first-order valence-electron chi connectivity index (χ1n) is 12.8. The van der Waals surface area contributed by atoms with Gasteiger partial charge in [-0.05, 0) is 28.8 Å². The van der Waals surface area contributed by atoms with Crippen molar-refractivity contribution in [3.05, 3.63) is 126 Å². The minimum absolute atomic E-state index is 0.0128. The standard InChI is InChI=1S/C31H28N2O5S2/c1-2-40(36,37)25-18-19-26-28(20-25)38-30(32-26)33-27(29(34)35)21-39-31(22-12-6-3-7-13-22,23-14-8-4-9-15-23)24-16-10-5-11-17-24/h3-20,27H,2,21H2,1H3,(H,32,33)(H,34,35)/t27-/m0/s1. The fraction of sp³-hybridized carbons (Fsp3) is 0.161. The van der Waals surface area contributed by atoms with Crippen molar-refractivity contribution in [2.45, 2.75) is 22.6 Å². The van der Waals surface area contributed by atoms with Crippen LogP contribution >= 0.6 is 11.8 Å². The Labute approximate surface area is 237 Å². The van der Waals surface area contributed by atoms with Gasteiger partial charge in [0.1, 0.15) is 11.6 Å². The number of hydrogen-bond acceptors (Lipinski definition) is 7. The highest BCUT2D eigenvalue weighted by atomic mass is 32.2. The van der Waals surface area contributed by atoms with Crippen molar-refractivity contribution >= 4 is 44.7 Å². The maximum Gasteiger partial charge on any atom is 0.327 e. The number of rotatable bonds is 11. The zero-order chi connectivity index (χ0) is 28.2. The number of hydrogen-bond donors (Lipinski definition) is 2. The summed E-state index contributed by atoms with van der Waals surface area (Å²) >= 11 is 1.51. The van der Waals surface area contributed by atoms with Crippen molar-refractivity contribution in [3.8, 4) is 0 Å². The van der Waals surface area contributed by atoms with Gasteiger partial charge in [-0.25, -0.2) is 13.2 Å². The zero-order valence-corrected chi connectivity index (χ0v) is 23.4. The Bertz CT molecular complexity index is 1610. The second kappa shape index (κ2) is 11.6. The molecule has 40 heavy (non-hydrogen) atoms. The highest BCUT2D eigenvalue weighted by Crippen LogP contribution is 2.48. The van der Waals surface area contributed by atoms with Crippen molar-refractivity contribution in [1.82, 2.24) is 4.98 Å². The number of sulfone groups is 1. The maximum absolute atomic E-state index is 12.4. The number of carbonyl (C=O) groups is 1. The van der Waals surface area contributed by atoms with E-state index in [0.717, 1.165) is 16.7 Å². The van der Waals surface area contributed by atoms with Crippen LogP contribution in [0.15, 0.2) is 119 Å². The number of carboxylic acids is 1.